The molecule has 1 unspecified atom stereocenters. The van der Waals surface area contributed by atoms with E-state index in [-0.39, 0.29) is 11.6 Å². The molecule has 0 aliphatic rings. The minimum absolute atomic E-state index is 0.147. The molecule has 0 fully saturated rings. The molecule has 11 heteroatoms. The number of aromatic nitrogens is 5. The summed E-state index contributed by atoms with van der Waals surface area (Å²) in [5.74, 6) is -0.256. The smallest absolute Gasteiger partial charge is 0.291 e. The Morgan fingerprint density at radius 1 is 1.37 bits per heavy atom. The third-order valence-corrected chi connectivity index (χ3v) is 4.09. The fourth-order valence-electron chi connectivity index (χ4n) is 2.48. The fraction of sp³-hybridized carbons (Fsp3) is 0.250. The Morgan fingerprint density at radius 2 is 2.11 bits per heavy atom. The van der Waals surface area contributed by atoms with Crippen LogP contribution in [0, 0.1) is 10.1 Å². The van der Waals surface area contributed by atoms with Crippen molar-refractivity contribution in [1.82, 2.24) is 24.5 Å². The highest BCUT2D eigenvalue weighted by Gasteiger charge is 2.23. The van der Waals surface area contributed by atoms with Crippen molar-refractivity contribution in [2.24, 2.45) is 0 Å². The number of anilines is 1. The van der Waals surface area contributed by atoms with E-state index in [4.69, 9.17) is 11.6 Å². The maximum absolute atomic E-state index is 12.5. The molecule has 3 rings (SSSR count). The van der Waals surface area contributed by atoms with Crippen LogP contribution in [0.25, 0.3) is 0 Å². The summed E-state index contributed by atoms with van der Waals surface area (Å²) >= 11 is 5.86. The summed E-state index contributed by atoms with van der Waals surface area (Å²) in [5.41, 5.74) is 0.809. The van der Waals surface area contributed by atoms with E-state index in [1.807, 2.05) is 12.1 Å². The summed E-state index contributed by atoms with van der Waals surface area (Å²) in [5, 5.41) is 22.1. The maximum atomic E-state index is 12.5. The van der Waals surface area contributed by atoms with E-state index < -0.39 is 16.9 Å². The van der Waals surface area contributed by atoms with Crippen LogP contribution >= 0.6 is 11.6 Å². The van der Waals surface area contributed by atoms with Crippen molar-refractivity contribution < 1.29 is 9.72 Å². The number of carbonyl (C=O) groups is 1. The molecule has 1 N–H and O–H groups in total. The lowest BCUT2D eigenvalue weighted by Gasteiger charge is -2.13. The first kappa shape index (κ1) is 18.5. The lowest BCUT2D eigenvalue weighted by molar-refractivity contribution is -0.385. The van der Waals surface area contributed by atoms with Crippen molar-refractivity contribution >= 4 is 29.1 Å². The number of nitro groups is 1. The highest BCUT2D eigenvalue weighted by molar-refractivity contribution is 6.30. The molecule has 1 aromatic carbocycles. The van der Waals surface area contributed by atoms with Crippen molar-refractivity contribution in [3.63, 3.8) is 0 Å². The van der Waals surface area contributed by atoms with E-state index in [9.17, 15) is 14.9 Å². The van der Waals surface area contributed by atoms with Crippen LogP contribution in [0.15, 0.2) is 43.0 Å². The second-order valence-electron chi connectivity index (χ2n) is 5.74. The van der Waals surface area contributed by atoms with Gasteiger partial charge in [0.2, 0.25) is 5.95 Å². The number of halogens is 1. The third-order valence-electron chi connectivity index (χ3n) is 3.84. The Bertz CT molecular complexity index is 951. The minimum Gasteiger partial charge on any atom is -0.291 e. The summed E-state index contributed by atoms with van der Waals surface area (Å²) in [6.07, 6.45) is 4.23. The average Bonchev–Trinajstić information content (AvgIpc) is 3.28. The van der Waals surface area contributed by atoms with Gasteiger partial charge in [0.05, 0.1) is 11.5 Å². The first-order chi connectivity index (χ1) is 13.0. The van der Waals surface area contributed by atoms with Crippen molar-refractivity contribution in [3.8, 4) is 0 Å². The van der Waals surface area contributed by atoms with Gasteiger partial charge in [0.1, 0.15) is 24.8 Å². The van der Waals surface area contributed by atoms with E-state index in [0.717, 1.165) is 11.8 Å². The van der Waals surface area contributed by atoms with Gasteiger partial charge in [-0.1, -0.05) is 30.7 Å². The Balaban J connectivity index is 1.66. The molecule has 0 radical (unpaired) electrons. The van der Waals surface area contributed by atoms with E-state index in [2.05, 4.69) is 20.5 Å². The molecule has 0 bridgehead atoms. The lowest BCUT2D eigenvalue weighted by atomic mass is 10.2. The standard InChI is InChI=1S/C16H16ClN7O3/c1-2-14(23-9-13(7-19-23)24(26)27)15(25)20-16-18-10-22(21-16)8-11-3-5-12(17)6-4-11/h3-7,9-10,14H,2,8H2,1H3,(H,20,21,25). The SMILES string of the molecule is CCC(C(=O)Nc1ncn(Cc2ccc(Cl)cc2)n1)n1cc([N+](=O)[O-])cn1. The minimum atomic E-state index is -0.707. The second kappa shape index (κ2) is 7.96. The Labute approximate surface area is 158 Å². The molecule has 10 nitrogen and oxygen atoms in total. The highest BCUT2D eigenvalue weighted by Crippen LogP contribution is 2.17. The lowest BCUT2D eigenvalue weighted by Crippen LogP contribution is -2.26. The highest BCUT2D eigenvalue weighted by atomic mass is 35.5. The van der Waals surface area contributed by atoms with Crippen LogP contribution < -0.4 is 5.32 Å². The van der Waals surface area contributed by atoms with Crippen LogP contribution in [0.2, 0.25) is 5.02 Å². The largest absolute Gasteiger partial charge is 0.307 e. The quantitative estimate of drug-likeness (QED) is 0.489. The second-order valence-corrected chi connectivity index (χ2v) is 6.18. The molecule has 1 atom stereocenters. The number of nitrogens with zero attached hydrogens (tertiary/aromatic N) is 6. The molecule has 2 aromatic heterocycles. The number of rotatable bonds is 7. The number of benzene rings is 1. The van der Waals surface area contributed by atoms with Gasteiger partial charge in [0.15, 0.2) is 0 Å². The number of amides is 1. The number of hydrogen-bond acceptors (Lipinski definition) is 6. The molecule has 3 aromatic rings. The Kier molecular flexibility index (Phi) is 5.46. The van der Waals surface area contributed by atoms with Gasteiger partial charge in [-0.05, 0) is 24.1 Å². The molecule has 0 aliphatic carbocycles. The third kappa shape index (κ3) is 4.47. The zero-order valence-corrected chi connectivity index (χ0v) is 15.1. The van der Waals surface area contributed by atoms with E-state index >= 15 is 0 Å². The van der Waals surface area contributed by atoms with E-state index in [0.29, 0.717) is 18.0 Å². The van der Waals surface area contributed by atoms with Gasteiger partial charge in [-0.2, -0.15) is 5.10 Å². The molecule has 0 aliphatic heterocycles. The summed E-state index contributed by atoms with van der Waals surface area (Å²) in [6.45, 7) is 2.26. The number of nitrogens with one attached hydrogen (secondary N) is 1. The summed E-state index contributed by atoms with van der Waals surface area (Å²) in [6, 6.07) is 6.61. The van der Waals surface area contributed by atoms with Crippen molar-refractivity contribution in [2.45, 2.75) is 25.9 Å². The first-order valence-electron chi connectivity index (χ1n) is 8.09. The van der Waals surface area contributed by atoms with Gasteiger partial charge in [-0.3, -0.25) is 24.9 Å². The number of hydrogen-bond donors (Lipinski definition) is 1. The van der Waals surface area contributed by atoms with E-state index in [1.54, 1.807) is 23.7 Å². The molecular formula is C16H16ClN7O3. The maximum Gasteiger partial charge on any atom is 0.307 e. The molecule has 0 spiro atoms. The zero-order valence-electron chi connectivity index (χ0n) is 14.3. The molecule has 27 heavy (non-hydrogen) atoms. The molecule has 0 saturated carbocycles. The molecule has 0 saturated heterocycles. The van der Waals surface area contributed by atoms with Gasteiger partial charge in [-0.15, -0.1) is 5.10 Å². The van der Waals surface area contributed by atoms with Crippen LogP contribution in [0.4, 0.5) is 11.6 Å². The summed E-state index contributed by atoms with van der Waals surface area (Å²) < 4.78 is 2.84. The van der Waals surface area contributed by atoms with Gasteiger partial charge < -0.3 is 0 Å². The van der Waals surface area contributed by atoms with Crippen molar-refractivity contribution in [1.29, 1.82) is 0 Å². The zero-order chi connectivity index (χ0) is 19.4. The van der Waals surface area contributed by atoms with Gasteiger partial charge >= 0.3 is 5.69 Å². The normalized spacial score (nSPS) is 11.9. The van der Waals surface area contributed by atoms with Crippen LogP contribution in [-0.4, -0.2) is 35.4 Å². The predicted molar refractivity (Wildman–Crippen MR) is 97.4 cm³/mol. The van der Waals surface area contributed by atoms with Gasteiger partial charge in [0.25, 0.3) is 5.91 Å². The Hall–Kier alpha value is -3.27. The molecular weight excluding hydrogens is 374 g/mol. The summed E-state index contributed by atoms with van der Waals surface area (Å²) in [4.78, 5) is 26.8. The van der Waals surface area contributed by atoms with Crippen LogP contribution in [0.3, 0.4) is 0 Å². The molecule has 140 valence electrons. The average molecular weight is 390 g/mol. The fourth-order valence-corrected chi connectivity index (χ4v) is 2.61. The Morgan fingerprint density at radius 3 is 2.74 bits per heavy atom. The monoisotopic (exact) mass is 389 g/mol. The van der Waals surface area contributed by atoms with Gasteiger partial charge in [0, 0.05) is 5.02 Å². The van der Waals surface area contributed by atoms with Gasteiger partial charge in [-0.25, -0.2) is 9.67 Å². The summed E-state index contributed by atoms with van der Waals surface area (Å²) in [7, 11) is 0. The molecule has 1 amide bonds. The van der Waals surface area contributed by atoms with Crippen molar-refractivity contribution in [2.75, 3.05) is 5.32 Å². The van der Waals surface area contributed by atoms with Crippen LogP contribution in [-0.2, 0) is 11.3 Å². The van der Waals surface area contributed by atoms with Crippen LogP contribution in [0.1, 0.15) is 24.9 Å². The topological polar surface area (TPSA) is 121 Å². The number of carbonyl (C=O) groups excluding carboxylic acids is 1. The van der Waals surface area contributed by atoms with Crippen LogP contribution in [0.5, 0.6) is 0 Å². The predicted octanol–water partition coefficient (Wildman–Crippen LogP) is 2.67. The van der Waals surface area contributed by atoms with Crippen molar-refractivity contribution in [3.05, 3.63) is 63.7 Å². The molecule has 2 heterocycles. The first-order valence-corrected chi connectivity index (χ1v) is 8.47. The van der Waals surface area contributed by atoms with E-state index in [1.165, 1.54) is 17.2 Å².